The lowest BCUT2D eigenvalue weighted by Crippen LogP contribution is -2.29. The van der Waals surface area contributed by atoms with Crippen LogP contribution in [0.4, 0.5) is 5.69 Å². The minimum Gasteiger partial charge on any atom is -0.448 e. The van der Waals surface area contributed by atoms with Crippen molar-refractivity contribution in [2.45, 2.75) is 33.3 Å². The normalized spacial score (nSPS) is 11.4. The van der Waals surface area contributed by atoms with Crippen molar-refractivity contribution in [2.75, 3.05) is 5.32 Å². The van der Waals surface area contributed by atoms with E-state index in [0.717, 1.165) is 16.9 Å². The van der Waals surface area contributed by atoms with E-state index >= 15 is 0 Å². The topological polar surface area (TPSA) is 79.2 Å². The molecule has 0 spiro atoms. The molecule has 1 aromatic heterocycles. The smallest absolute Gasteiger partial charge is 0.349 e. The molecule has 1 N–H and O–H groups in total. The molecule has 1 heterocycles. The van der Waals surface area contributed by atoms with Gasteiger partial charge in [0.1, 0.15) is 4.88 Å². The fourth-order valence-electron chi connectivity index (χ4n) is 2.15. The number of ether oxygens (including phenoxy) is 1. The molecule has 2 rings (SSSR count). The fourth-order valence-corrected chi connectivity index (χ4v) is 3.15. The van der Waals surface area contributed by atoms with Gasteiger partial charge in [-0.15, -0.1) is 11.3 Å². The van der Waals surface area contributed by atoms with Gasteiger partial charge in [-0.2, -0.15) is 5.26 Å². The first-order chi connectivity index (χ1) is 11.4. The number of aryl methyl sites for hydroxylation is 2. The van der Waals surface area contributed by atoms with Crippen LogP contribution in [-0.4, -0.2) is 18.0 Å². The summed E-state index contributed by atoms with van der Waals surface area (Å²) in [5.41, 5.74) is 2.04. The average Bonchev–Trinajstić information content (AvgIpc) is 2.96. The van der Waals surface area contributed by atoms with Crippen molar-refractivity contribution in [2.24, 2.45) is 0 Å². The third-order valence-corrected chi connectivity index (χ3v) is 4.59. The number of nitrogens with one attached hydrogen (secondary N) is 1. The van der Waals surface area contributed by atoms with Crippen LogP contribution in [0.3, 0.4) is 0 Å². The van der Waals surface area contributed by atoms with E-state index in [-0.39, 0.29) is 0 Å². The monoisotopic (exact) mass is 342 g/mol. The van der Waals surface area contributed by atoms with E-state index in [2.05, 4.69) is 5.32 Å². The summed E-state index contributed by atoms with van der Waals surface area (Å²) in [5, 5.41) is 11.5. The molecule has 0 aliphatic carbocycles. The number of nitrogens with zero attached hydrogens (tertiary/aromatic N) is 1. The Balaban J connectivity index is 2.00. The molecule has 1 aromatic carbocycles. The summed E-state index contributed by atoms with van der Waals surface area (Å²) in [4.78, 5) is 25.9. The maximum absolute atomic E-state index is 12.2. The third-order valence-electron chi connectivity index (χ3n) is 3.51. The SMILES string of the molecule is CCc1cc(C(=O)OC(C)C(=O)Nc2cccc(C#N)c2)sc1C. The lowest BCUT2D eigenvalue weighted by Gasteiger charge is -2.13. The number of hydrogen-bond acceptors (Lipinski definition) is 5. The van der Waals surface area contributed by atoms with E-state index in [0.29, 0.717) is 16.1 Å². The molecule has 0 saturated carbocycles. The molecule has 0 saturated heterocycles. The number of anilines is 1. The van der Waals surface area contributed by atoms with Gasteiger partial charge in [0.15, 0.2) is 6.10 Å². The van der Waals surface area contributed by atoms with Gasteiger partial charge in [-0.05, 0) is 50.1 Å². The van der Waals surface area contributed by atoms with Crippen LogP contribution < -0.4 is 5.32 Å². The molecule has 0 radical (unpaired) electrons. The summed E-state index contributed by atoms with van der Waals surface area (Å²) in [6.45, 7) is 5.50. The summed E-state index contributed by atoms with van der Waals surface area (Å²) in [7, 11) is 0. The van der Waals surface area contributed by atoms with Crippen molar-refractivity contribution >= 4 is 28.9 Å². The van der Waals surface area contributed by atoms with Crippen molar-refractivity contribution in [3.63, 3.8) is 0 Å². The maximum atomic E-state index is 12.2. The summed E-state index contributed by atoms with van der Waals surface area (Å²) < 4.78 is 5.23. The highest BCUT2D eigenvalue weighted by Gasteiger charge is 2.21. The molecule has 6 heteroatoms. The zero-order valence-corrected chi connectivity index (χ0v) is 14.6. The minimum absolute atomic E-state index is 0.442. The van der Waals surface area contributed by atoms with Crippen LogP contribution in [0, 0.1) is 18.3 Å². The van der Waals surface area contributed by atoms with E-state index in [1.54, 1.807) is 24.3 Å². The highest BCUT2D eigenvalue weighted by molar-refractivity contribution is 7.14. The average molecular weight is 342 g/mol. The molecule has 0 bridgehead atoms. The largest absolute Gasteiger partial charge is 0.448 e. The highest BCUT2D eigenvalue weighted by atomic mass is 32.1. The van der Waals surface area contributed by atoms with E-state index in [4.69, 9.17) is 10.00 Å². The number of hydrogen-bond donors (Lipinski definition) is 1. The second-order valence-electron chi connectivity index (χ2n) is 5.28. The van der Waals surface area contributed by atoms with Crippen molar-refractivity contribution in [1.29, 1.82) is 5.26 Å². The number of nitriles is 1. The van der Waals surface area contributed by atoms with Crippen LogP contribution in [0.1, 0.15) is 39.5 Å². The summed E-state index contributed by atoms with van der Waals surface area (Å²) >= 11 is 1.37. The first-order valence-electron chi connectivity index (χ1n) is 7.56. The van der Waals surface area contributed by atoms with Gasteiger partial charge >= 0.3 is 5.97 Å². The number of carbonyl (C=O) groups excluding carboxylic acids is 2. The van der Waals surface area contributed by atoms with Crippen LogP contribution in [0.5, 0.6) is 0 Å². The molecule has 1 unspecified atom stereocenters. The molecule has 0 aliphatic rings. The zero-order chi connectivity index (χ0) is 17.7. The first-order valence-corrected chi connectivity index (χ1v) is 8.37. The van der Waals surface area contributed by atoms with Crippen molar-refractivity contribution in [3.8, 4) is 6.07 Å². The number of rotatable bonds is 5. The number of esters is 1. The molecule has 1 amide bonds. The Labute approximate surface area is 144 Å². The van der Waals surface area contributed by atoms with E-state index in [1.807, 2.05) is 26.0 Å². The van der Waals surface area contributed by atoms with E-state index in [1.165, 1.54) is 18.3 Å². The lowest BCUT2D eigenvalue weighted by atomic mass is 10.2. The van der Waals surface area contributed by atoms with Gasteiger partial charge in [-0.3, -0.25) is 4.79 Å². The Hall–Kier alpha value is -2.65. The van der Waals surface area contributed by atoms with E-state index in [9.17, 15) is 9.59 Å². The molecule has 0 aliphatic heterocycles. The molecule has 2 aromatic rings. The van der Waals surface area contributed by atoms with Crippen molar-refractivity contribution < 1.29 is 14.3 Å². The van der Waals surface area contributed by atoms with Gasteiger partial charge in [-0.25, -0.2) is 4.79 Å². The van der Waals surface area contributed by atoms with Gasteiger partial charge in [0.05, 0.1) is 11.6 Å². The quantitative estimate of drug-likeness (QED) is 0.841. The molecular formula is C18H18N2O3S. The second-order valence-corrected chi connectivity index (χ2v) is 6.53. The number of thiophene rings is 1. The van der Waals surface area contributed by atoms with Gasteiger partial charge in [-0.1, -0.05) is 13.0 Å². The van der Waals surface area contributed by atoms with Crippen LogP contribution >= 0.6 is 11.3 Å². The predicted octanol–water partition coefficient (Wildman–Crippen LogP) is 3.67. The fraction of sp³-hybridized carbons (Fsp3) is 0.278. The summed E-state index contributed by atoms with van der Waals surface area (Å²) in [6, 6.07) is 10.4. The van der Waals surface area contributed by atoms with Gasteiger partial charge in [0.25, 0.3) is 5.91 Å². The van der Waals surface area contributed by atoms with E-state index < -0.39 is 18.0 Å². The second kappa shape index (κ2) is 7.75. The van der Waals surface area contributed by atoms with Crippen molar-refractivity contribution in [3.05, 3.63) is 51.2 Å². The highest BCUT2D eigenvalue weighted by Crippen LogP contribution is 2.23. The number of benzene rings is 1. The number of amides is 1. The van der Waals surface area contributed by atoms with Gasteiger partial charge in [0, 0.05) is 10.6 Å². The van der Waals surface area contributed by atoms with Crippen molar-refractivity contribution in [1.82, 2.24) is 0 Å². The molecule has 5 nitrogen and oxygen atoms in total. The van der Waals surface area contributed by atoms with Crippen LogP contribution in [0.15, 0.2) is 30.3 Å². The molecule has 124 valence electrons. The molecule has 0 fully saturated rings. The maximum Gasteiger partial charge on any atom is 0.349 e. The molecule has 1 atom stereocenters. The standard InChI is InChI=1S/C18H18N2O3S/c1-4-14-9-16(24-12(14)3)18(22)23-11(2)17(21)20-15-7-5-6-13(8-15)10-19/h5-9,11H,4H2,1-3H3,(H,20,21). The third kappa shape index (κ3) is 4.21. The zero-order valence-electron chi connectivity index (χ0n) is 13.8. The Morgan fingerprint density at radius 1 is 1.38 bits per heavy atom. The lowest BCUT2D eigenvalue weighted by molar-refractivity contribution is -0.123. The Kier molecular flexibility index (Phi) is 5.72. The number of carbonyl (C=O) groups is 2. The Morgan fingerprint density at radius 3 is 2.75 bits per heavy atom. The predicted molar refractivity (Wildman–Crippen MR) is 93.1 cm³/mol. The van der Waals surface area contributed by atoms with Gasteiger partial charge < -0.3 is 10.1 Å². The minimum atomic E-state index is -0.935. The summed E-state index contributed by atoms with van der Waals surface area (Å²) in [6.07, 6.45) is -0.0864. The van der Waals surface area contributed by atoms with Gasteiger partial charge in [0.2, 0.25) is 0 Å². The molecule has 24 heavy (non-hydrogen) atoms. The Morgan fingerprint density at radius 2 is 2.12 bits per heavy atom. The van der Waals surface area contributed by atoms with Crippen LogP contribution in [0.25, 0.3) is 0 Å². The Bertz CT molecular complexity index is 805. The first kappa shape index (κ1) is 17.7. The van der Waals surface area contributed by atoms with Crippen LogP contribution in [-0.2, 0) is 16.0 Å². The summed E-state index contributed by atoms with van der Waals surface area (Å²) in [5.74, 6) is -0.946. The molecular weight excluding hydrogens is 324 g/mol. The van der Waals surface area contributed by atoms with Crippen LogP contribution in [0.2, 0.25) is 0 Å².